The van der Waals surface area contributed by atoms with Gasteiger partial charge in [-0.2, -0.15) is 5.26 Å². The lowest BCUT2D eigenvalue weighted by atomic mass is 10.1. The Bertz CT molecular complexity index is 635. The number of ether oxygens (including phenoxy) is 1. The van der Waals surface area contributed by atoms with Crippen molar-refractivity contribution in [3.63, 3.8) is 0 Å². The molecule has 0 amide bonds. The highest BCUT2D eigenvalue weighted by Gasteiger charge is 2.07. The minimum Gasteiger partial charge on any atom is -0.497 e. The van der Waals surface area contributed by atoms with Crippen molar-refractivity contribution in [3.8, 4) is 11.8 Å². The van der Waals surface area contributed by atoms with Gasteiger partial charge in [-0.1, -0.05) is 18.2 Å². The van der Waals surface area contributed by atoms with Crippen LogP contribution >= 0.6 is 11.8 Å². The summed E-state index contributed by atoms with van der Waals surface area (Å²) in [4.78, 5) is 0.989. The molecule has 0 fully saturated rings. The Morgan fingerprint density at radius 2 is 2.05 bits per heavy atom. The Kier molecular flexibility index (Phi) is 4.91. The fourth-order valence-corrected chi connectivity index (χ4v) is 2.52. The Morgan fingerprint density at radius 3 is 2.75 bits per heavy atom. The highest BCUT2D eigenvalue weighted by Crippen LogP contribution is 2.26. The normalized spacial score (nSPS) is 9.85. The molecular formula is C16H16N2OS. The summed E-state index contributed by atoms with van der Waals surface area (Å²) in [7, 11) is 1.66. The zero-order valence-corrected chi connectivity index (χ0v) is 12.3. The van der Waals surface area contributed by atoms with E-state index in [9.17, 15) is 5.26 Å². The molecule has 0 atom stereocenters. The largest absolute Gasteiger partial charge is 0.497 e. The molecule has 3 nitrogen and oxygen atoms in total. The number of thioether (sulfide) groups is 1. The molecule has 0 aliphatic carbocycles. The molecule has 0 heterocycles. The van der Waals surface area contributed by atoms with Gasteiger partial charge in [0.2, 0.25) is 0 Å². The minimum atomic E-state index is 0.656. The van der Waals surface area contributed by atoms with Crippen molar-refractivity contribution in [2.24, 2.45) is 0 Å². The van der Waals surface area contributed by atoms with Crippen molar-refractivity contribution in [2.75, 3.05) is 18.7 Å². The fourth-order valence-electron chi connectivity index (χ4n) is 1.94. The molecule has 102 valence electrons. The van der Waals surface area contributed by atoms with Gasteiger partial charge in [-0.05, 0) is 36.1 Å². The molecule has 20 heavy (non-hydrogen) atoms. The van der Waals surface area contributed by atoms with E-state index >= 15 is 0 Å². The van der Waals surface area contributed by atoms with E-state index in [1.165, 1.54) is 0 Å². The lowest BCUT2D eigenvalue weighted by Crippen LogP contribution is -2.02. The predicted octanol–water partition coefficient (Wildman–Crippen LogP) is 3.90. The lowest BCUT2D eigenvalue weighted by molar-refractivity contribution is 0.414. The number of nitriles is 1. The van der Waals surface area contributed by atoms with Crippen molar-refractivity contribution in [3.05, 3.63) is 53.6 Å². The van der Waals surface area contributed by atoms with Crippen LogP contribution in [0.25, 0.3) is 0 Å². The van der Waals surface area contributed by atoms with Crippen molar-refractivity contribution < 1.29 is 4.74 Å². The second-order valence-corrected chi connectivity index (χ2v) is 5.05. The Hall–Kier alpha value is -2.12. The first kappa shape index (κ1) is 14.3. The maximum absolute atomic E-state index is 9.29. The van der Waals surface area contributed by atoms with Gasteiger partial charge in [-0.15, -0.1) is 11.8 Å². The van der Waals surface area contributed by atoms with Gasteiger partial charge in [0.1, 0.15) is 11.8 Å². The molecule has 0 saturated heterocycles. The number of hydrogen-bond acceptors (Lipinski definition) is 4. The monoisotopic (exact) mass is 284 g/mol. The number of nitrogens with one attached hydrogen (secondary N) is 1. The third-order valence-electron chi connectivity index (χ3n) is 2.98. The minimum absolute atomic E-state index is 0.656. The molecule has 0 bridgehead atoms. The molecule has 4 heteroatoms. The molecule has 2 rings (SSSR count). The summed E-state index contributed by atoms with van der Waals surface area (Å²) < 4.78 is 5.20. The van der Waals surface area contributed by atoms with E-state index in [0.29, 0.717) is 12.1 Å². The molecule has 1 N–H and O–H groups in total. The van der Waals surface area contributed by atoms with E-state index in [-0.39, 0.29) is 0 Å². The Labute approximate surface area is 123 Å². The van der Waals surface area contributed by atoms with Gasteiger partial charge >= 0.3 is 0 Å². The molecule has 2 aromatic carbocycles. The second-order valence-electron chi connectivity index (χ2n) is 4.20. The van der Waals surface area contributed by atoms with Crippen LogP contribution in [0, 0.1) is 11.3 Å². The summed E-state index contributed by atoms with van der Waals surface area (Å²) >= 11 is 1.58. The molecule has 0 spiro atoms. The van der Waals surface area contributed by atoms with Gasteiger partial charge in [0.25, 0.3) is 0 Å². The average molecular weight is 284 g/mol. The van der Waals surface area contributed by atoms with E-state index in [1.807, 2.05) is 48.7 Å². The first-order chi connectivity index (χ1) is 9.78. The van der Waals surface area contributed by atoms with Crippen LogP contribution < -0.4 is 10.1 Å². The SMILES string of the molecule is COc1cccc(CNc2cccc(SC)c2C#N)c1. The first-order valence-corrected chi connectivity index (χ1v) is 7.45. The van der Waals surface area contributed by atoms with Gasteiger partial charge in [0, 0.05) is 11.4 Å². The number of hydrogen-bond donors (Lipinski definition) is 1. The van der Waals surface area contributed by atoms with E-state index in [0.717, 1.165) is 21.9 Å². The molecule has 0 unspecified atom stereocenters. The number of methoxy groups -OCH3 is 1. The number of nitrogens with zero attached hydrogens (tertiary/aromatic N) is 1. The molecule has 0 aliphatic rings. The molecule has 0 aliphatic heterocycles. The van der Waals surface area contributed by atoms with Gasteiger partial charge in [0.05, 0.1) is 18.4 Å². The van der Waals surface area contributed by atoms with Crippen LogP contribution in [-0.2, 0) is 6.54 Å². The van der Waals surface area contributed by atoms with Crippen molar-refractivity contribution >= 4 is 17.4 Å². The summed E-state index contributed by atoms with van der Waals surface area (Å²) in [6.45, 7) is 0.656. The third kappa shape index (κ3) is 3.25. The summed E-state index contributed by atoms with van der Waals surface area (Å²) in [5.74, 6) is 0.836. The zero-order valence-electron chi connectivity index (χ0n) is 11.5. The number of anilines is 1. The van der Waals surface area contributed by atoms with Crippen molar-refractivity contribution in [1.82, 2.24) is 0 Å². The van der Waals surface area contributed by atoms with Crippen LogP contribution in [0.2, 0.25) is 0 Å². The molecule has 0 saturated carbocycles. The Morgan fingerprint density at radius 1 is 1.25 bits per heavy atom. The van der Waals surface area contributed by atoms with Crippen LogP contribution in [0.15, 0.2) is 47.4 Å². The lowest BCUT2D eigenvalue weighted by Gasteiger charge is -2.11. The van der Waals surface area contributed by atoms with Crippen molar-refractivity contribution in [2.45, 2.75) is 11.4 Å². The molecular weight excluding hydrogens is 268 g/mol. The Balaban J connectivity index is 2.17. The van der Waals surface area contributed by atoms with Crippen LogP contribution in [-0.4, -0.2) is 13.4 Å². The second kappa shape index (κ2) is 6.88. The summed E-state index contributed by atoms with van der Waals surface area (Å²) in [5.41, 5.74) is 2.67. The standard InChI is InChI=1S/C16H16N2OS/c1-19-13-6-3-5-12(9-13)11-18-15-7-4-8-16(20-2)14(15)10-17/h3-9,18H,11H2,1-2H3. The van der Waals surface area contributed by atoms with Crippen molar-refractivity contribution in [1.29, 1.82) is 5.26 Å². The van der Waals surface area contributed by atoms with E-state index in [2.05, 4.69) is 11.4 Å². The summed E-state index contributed by atoms with van der Waals surface area (Å²) in [6, 6.07) is 16.0. The van der Waals surface area contributed by atoms with Crippen LogP contribution in [0.5, 0.6) is 5.75 Å². The highest BCUT2D eigenvalue weighted by atomic mass is 32.2. The maximum atomic E-state index is 9.29. The smallest absolute Gasteiger partial charge is 0.119 e. The quantitative estimate of drug-likeness (QED) is 0.846. The predicted molar refractivity (Wildman–Crippen MR) is 83.3 cm³/mol. The van der Waals surface area contributed by atoms with Gasteiger partial charge in [-0.3, -0.25) is 0 Å². The summed E-state index contributed by atoms with van der Waals surface area (Å²) in [5, 5.41) is 12.6. The molecule has 0 aromatic heterocycles. The zero-order chi connectivity index (χ0) is 14.4. The van der Waals surface area contributed by atoms with Gasteiger partial charge in [-0.25, -0.2) is 0 Å². The number of benzene rings is 2. The van der Waals surface area contributed by atoms with Crippen LogP contribution in [0.4, 0.5) is 5.69 Å². The highest BCUT2D eigenvalue weighted by molar-refractivity contribution is 7.98. The van der Waals surface area contributed by atoms with Crippen LogP contribution in [0.1, 0.15) is 11.1 Å². The van der Waals surface area contributed by atoms with Gasteiger partial charge < -0.3 is 10.1 Å². The van der Waals surface area contributed by atoms with Gasteiger partial charge in [0.15, 0.2) is 0 Å². The van der Waals surface area contributed by atoms with E-state index in [4.69, 9.17) is 4.74 Å². The number of rotatable bonds is 5. The molecule has 0 radical (unpaired) electrons. The average Bonchev–Trinajstić information content (AvgIpc) is 2.52. The fraction of sp³-hybridized carbons (Fsp3) is 0.188. The maximum Gasteiger partial charge on any atom is 0.119 e. The topological polar surface area (TPSA) is 45.0 Å². The van der Waals surface area contributed by atoms with Crippen LogP contribution in [0.3, 0.4) is 0 Å². The first-order valence-electron chi connectivity index (χ1n) is 6.22. The summed E-state index contributed by atoms with van der Waals surface area (Å²) in [6.07, 6.45) is 1.97. The third-order valence-corrected chi connectivity index (χ3v) is 3.76. The van der Waals surface area contributed by atoms with E-state index < -0.39 is 0 Å². The van der Waals surface area contributed by atoms with E-state index in [1.54, 1.807) is 18.9 Å². The molecule has 2 aromatic rings.